The number of aromatic nitrogens is 1. The maximum absolute atomic E-state index is 12.1. The van der Waals surface area contributed by atoms with E-state index < -0.39 is 28.0 Å². The first kappa shape index (κ1) is 21.0. The van der Waals surface area contributed by atoms with Gasteiger partial charge in [-0.2, -0.15) is 13.2 Å². The smallest absolute Gasteiger partial charge is 0.385 e. The Morgan fingerprint density at radius 3 is 2.10 bits per heavy atom. The summed E-state index contributed by atoms with van der Waals surface area (Å²) in [6.45, 7) is 6.78. The molecular weight excluding hydrogens is 299 g/mol. The maximum Gasteiger partial charge on any atom is 0.431 e. The highest BCUT2D eigenvalue weighted by atomic mass is 35.5. The summed E-state index contributed by atoms with van der Waals surface area (Å²) in [4.78, 5) is 22.6. The fraction of sp³-hybridized carbons (Fsp3) is 0.500. The summed E-state index contributed by atoms with van der Waals surface area (Å²) in [6, 6.07) is 0.493. The van der Waals surface area contributed by atoms with Gasteiger partial charge in [0, 0.05) is 13.7 Å². The number of carbonyl (C=O) groups is 1. The number of rotatable bonds is 2. The Labute approximate surface area is 119 Å². The molecule has 0 saturated carbocycles. The van der Waals surface area contributed by atoms with E-state index in [2.05, 4.69) is 4.74 Å². The molecule has 0 aromatic carbocycles. The van der Waals surface area contributed by atoms with E-state index in [0.29, 0.717) is 6.07 Å². The third kappa shape index (κ3) is 7.30. The number of H-pyrrole nitrogens is 1. The predicted molar refractivity (Wildman–Crippen MR) is 71.4 cm³/mol. The van der Waals surface area contributed by atoms with Crippen LogP contribution in [0, 0.1) is 0 Å². The quantitative estimate of drug-likeness (QED) is 0.849. The van der Waals surface area contributed by atoms with E-state index in [0.717, 1.165) is 6.61 Å². The Kier molecular flexibility index (Phi) is 11.0. The molecule has 0 aliphatic rings. The SMILES string of the molecule is CC.CCOC.O=Cc1c(Cl)cc(C(F)(F)F)[nH]c1=O. The molecule has 0 unspecified atom stereocenters. The van der Waals surface area contributed by atoms with E-state index >= 15 is 0 Å². The molecule has 0 amide bonds. The van der Waals surface area contributed by atoms with Crippen LogP contribution in [-0.4, -0.2) is 25.0 Å². The second kappa shape index (κ2) is 10.4. The Bertz CT molecular complexity index is 456. The topological polar surface area (TPSA) is 59.2 Å². The number of halogens is 4. The fourth-order valence-corrected chi connectivity index (χ4v) is 1.04. The number of carbonyl (C=O) groups excluding carboxylic acids is 1. The second-order valence-corrected chi connectivity index (χ2v) is 3.37. The van der Waals surface area contributed by atoms with Crippen molar-refractivity contribution in [1.29, 1.82) is 0 Å². The normalized spacial score (nSPS) is 9.80. The summed E-state index contributed by atoms with van der Waals surface area (Å²) in [7, 11) is 1.68. The molecule has 1 heterocycles. The summed E-state index contributed by atoms with van der Waals surface area (Å²) in [6.07, 6.45) is -4.59. The minimum atomic E-state index is -4.69. The first-order valence-electron chi connectivity index (χ1n) is 5.72. The zero-order valence-corrected chi connectivity index (χ0v) is 12.4. The van der Waals surface area contributed by atoms with Crippen LogP contribution in [0.4, 0.5) is 13.2 Å². The van der Waals surface area contributed by atoms with Crippen molar-refractivity contribution in [3.63, 3.8) is 0 Å². The lowest BCUT2D eigenvalue weighted by atomic mass is 10.2. The first-order valence-corrected chi connectivity index (χ1v) is 6.09. The van der Waals surface area contributed by atoms with E-state index in [9.17, 15) is 22.8 Å². The zero-order chi connectivity index (χ0) is 16.3. The van der Waals surface area contributed by atoms with Gasteiger partial charge in [0.25, 0.3) is 5.56 Å². The highest BCUT2D eigenvalue weighted by Gasteiger charge is 2.32. The highest BCUT2D eigenvalue weighted by molar-refractivity contribution is 6.32. The van der Waals surface area contributed by atoms with Gasteiger partial charge in [0.05, 0.1) is 10.6 Å². The summed E-state index contributed by atoms with van der Waals surface area (Å²) in [5.74, 6) is 0. The van der Waals surface area contributed by atoms with E-state index in [-0.39, 0.29) is 6.29 Å². The summed E-state index contributed by atoms with van der Waals surface area (Å²) in [5, 5.41) is -0.518. The van der Waals surface area contributed by atoms with Crippen molar-refractivity contribution in [2.24, 2.45) is 0 Å². The van der Waals surface area contributed by atoms with Gasteiger partial charge < -0.3 is 9.72 Å². The van der Waals surface area contributed by atoms with Crippen molar-refractivity contribution in [1.82, 2.24) is 4.98 Å². The standard InChI is InChI=1S/C7H3ClF3NO2.C3H8O.C2H6/c8-4-1-5(7(9,10)11)12-6(14)3(4)2-13;1-3-4-2;1-2/h1-2H,(H,12,14);3H2,1-2H3;1-2H3. The molecule has 0 aliphatic carbocycles. The minimum Gasteiger partial charge on any atom is -0.385 e. The number of nitrogens with one attached hydrogen (secondary N) is 1. The second-order valence-electron chi connectivity index (χ2n) is 2.97. The molecule has 0 bridgehead atoms. The Morgan fingerprint density at radius 1 is 1.40 bits per heavy atom. The van der Waals surface area contributed by atoms with Gasteiger partial charge in [-0.15, -0.1) is 0 Å². The van der Waals surface area contributed by atoms with Gasteiger partial charge in [0.15, 0.2) is 6.29 Å². The largest absolute Gasteiger partial charge is 0.431 e. The molecule has 0 fully saturated rings. The van der Waals surface area contributed by atoms with Crippen LogP contribution in [0.1, 0.15) is 36.8 Å². The van der Waals surface area contributed by atoms with E-state index in [4.69, 9.17) is 11.6 Å². The number of pyridine rings is 1. The molecule has 0 spiro atoms. The number of hydrogen-bond acceptors (Lipinski definition) is 3. The molecule has 1 N–H and O–H groups in total. The summed E-state index contributed by atoms with van der Waals surface area (Å²) >= 11 is 5.29. The van der Waals surface area contributed by atoms with Crippen LogP contribution >= 0.6 is 11.6 Å². The molecule has 0 saturated heterocycles. The molecule has 0 radical (unpaired) electrons. The van der Waals surface area contributed by atoms with Crippen molar-refractivity contribution in [3.8, 4) is 0 Å². The lowest BCUT2D eigenvalue weighted by Crippen LogP contribution is -2.19. The van der Waals surface area contributed by atoms with Gasteiger partial charge in [-0.3, -0.25) is 9.59 Å². The van der Waals surface area contributed by atoms with Crippen molar-refractivity contribution in [2.45, 2.75) is 26.9 Å². The number of aromatic amines is 1. The van der Waals surface area contributed by atoms with Crippen molar-refractivity contribution in [3.05, 3.63) is 32.7 Å². The van der Waals surface area contributed by atoms with Gasteiger partial charge in [-0.05, 0) is 13.0 Å². The molecule has 1 rings (SSSR count). The van der Waals surface area contributed by atoms with Gasteiger partial charge in [0.2, 0.25) is 0 Å². The summed E-state index contributed by atoms with van der Waals surface area (Å²) < 4.78 is 40.7. The third-order valence-electron chi connectivity index (χ3n) is 1.73. The monoisotopic (exact) mass is 315 g/mol. The molecule has 1 aromatic rings. The molecule has 0 atom stereocenters. The molecular formula is C12H17ClF3NO3. The van der Waals surface area contributed by atoms with E-state index in [1.807, 2.05) is 20.8 Å². The van der Waals surface area contributed by atoms with Gasteiger partial charge in [-0.25, -0.2) is 0 Å². The van der Waals surface area contributed by atoms with Crippen LogP contribution in [0.25, 0.3) is 0 Å². The van der Waals surface area contributed by atoms with Crippen LogP contribution in [0.2, 0.25) is 5.02 Å². The zero-order valence-electron chi connectivity index (χ0n) is 11.6. The molecule has 0 aliphatic heterocycles. The average Bonchev–Trinajstić information content (AvgIpc) is 2.40. The van der Waals surface area contributed by atoms with E-state index in [1.165, 1.54) is 4.98 Å². The Morgan fingerprint density at radius 2 is 1.85 bits per heavy atom. The van der Waals surface area contributed by atoms with Gasteiger partial charge in [0.1, 0.15) is 5.69 Å². The van der Waals surface area contributed by atoms with Crippen LogP contribution in [0.3, 0.4) is 0 Å². The average molecular weight is 316 g/mol. The Balaban J connectivity index is 0. The third-order valence-corrected chi connectivity index (χ3v) is 2.05. The highest BCUT2D eigenvalue weighted by Crippen LogP contribution is 2.28. The molecule has 116 valence electrons. The number of hydrogen-bond donors (Lipinski definition) is 1. The fourth-order valence-electron chi connectivity index (χ4n) is 0.801. The lowest BCUT2D eigenvalue weighted by Gasteiger charge is -2.06. The van der Waals surface area contributed by atoms with Crippen LogP contribution in [0.5, 0.6) is 0 Å². The first-order chi connectivity index (χ1) is 9.27. The molecule has 1 aromatic heterocycles. The van der Waals surface area contributed by atoms with Gasteiger partial charge in [-0.1, -0.05) is 25.4 Å². The number of aldehydes is 1. The molecule has 20 heavy (non-hydrogen) atoms. The van der Waals surface area contributed by atoms with Crippen molar-refractivity contribution < 1.29 is 22.7 Å². The molecule has 8 heteroatoms. The van der Waals surface area contributed by atoms with Crippen molar-refractivity contribution in [2.75, 3.05) is 13.7 Å². The number of ether oxygens (including phenoxy) is 1. The number of methoxy groups -OCH3 is 1. The van der Waals surface area contributed by atoms with E-state index in [1.54, 1.807) is 7.11 Å². The van der Waals surface area contributed by atoms with Crippen molar-refractivity contribution >= 4 is 17.9 Å². The Hall–Kier alpha value is -1.34. The minimum absolute atomic E-state index is 0.0985. The predicted octanol–water partition coefficient (Wildman–Crippen LogP) is 3.54. The van der Waals surface area contributed by atoms with Crippen LogP contribution in [0.15, 0.2) is 10.9 Å². The van der Waals surface area contributed by atoms with Crippen LogP contribution in [-0.2, 0) is 10.9 Å². The lowest BCUT2D eigenvalue weighted by molar-refractivity contribution is -0.141. The van der Waals surface area contributed by atoms with Crippen LogP contribution < -0.4 is 5.56 Å². The maximum atomic E-state index is 12.1. The molecule has 4 nitrogen and oxygen atoms in total. The number of alkyl halides is 3. The van der Waals surface area contributed by atoms with Gasteiger partial charge >= 0.3 is 6.18 Å². The summed E-state index contributed by atoms with van der Waals surface area (Å²) in [5.41, 5.74) is -2.95.